The number of hydrogen-bond donors (Lipinski definition) is 1. The molecule has 1 N–H and O–H groups in total. The zero-order valence-electron chi connectivity index (χ0n) is 11.4. The van der Waals surface area contributed by atoms with Crippen molar-refractivity contribution in [2.24, 2.45) is 11.8 Å². The van der Waals surface area contributed by atoms with Gasteiger partial charge in [0.1, 0.15) is 6.10 Å². The van der Waals surface area contributed by atoms with E-state index in [2.05, 4.69) is 0 Å². The third-order valence-corrected chi connectivity index (χ3v) is 4.09. The maximum atomic E-state index is 11.7. The van der Waals surface area contributed by atoms with E-state index < -0.39 is 5.97 Å². The third kappa shape index (κ3) is 3.06. The van der Waals surface area contributed by atoms with Crippen LogP contribution >= 0.6 is 0 Å². The van der Waals surface area contributed by atoms with E-state index in [0.29, 0.717) is 18.4 Å². The number of carboxylic acids is 1. The molecule has 1 fully saturated rings. The molecule has 104 valence electrons. The van der Waals surface area contributed by atoms with Crippen LogP contribution in [-0.4, -0.2) is 23.1 Å². The lowest BCUT2D eigenvalue weighted by Crippen LogP contribution is -2.19. The second-order valence-corrected chi connectivity index (χ2v) is 5.48. The monoisotopic (exact) mass is 264 g/mol. The molecule has 1 aliphatic carbocycles. The van der Waals surface area contributed by atoms with Crippen LogP contribution in [0.1, 0.15) is 39.5 Å². The van der Waals surface area contributed by atoms with Crippen molar-refractivity contribution in [3.8, 4) is 0 Å². The maximum Gasteiger partial charge on any atom is 0.331 e. The Hall–Kier alpha value is -1.58. The van der Waals surface area contributed by atoms with Crippen LogP contribution in [0.5, 0.6) is 0 Å². The predicted molar refractivity (Wildman–Crippen MR) is 70.5 cm³/mol. The summed E-state index contributed by atoms with van der Waals surface area (Å²) in [5, 5.41) is 9.16. The lowest BCUT2D eigenvalue weighted by Gasteiger charge is -2.19. The highest BCUT2D eigenvalue weighted by Gasteiger charge is 2.40. The van der Waals surface area contributed by atoms with E-state index in [1.807, 2.05) is 26.0 Å². The van der Waals surface area contributed by atoms with Crippen molar-refractivity contribution in [3.63, 3.8) is 0 Å². The van der Waals surface area contributed by atoms with Crippen LogP contribution < -0.4 is 0 Å². The second kappa shape index (κ2) is 5.59. The molecule has 0 aromatic heterocycles. The van der Waals surface area contributed by atoms with Crippen molar-refractivity contribution >= 4 is 11.9 Å². The molecule has 0 aromatic carbocycles. The van der Waals surface area contributed by atoms with Crippen LogP contribution in [-0.2, 0) is 14.3 Å². The molecule has 0 aromatic rings. The van der Waals surface area contributed by atoms with Gasteiger partial charge >= 0.3 is 11.9 Å². The van der Waals surface area contributed by atoms with Crippen molar-refractivity contribution in [2.45, 2.75) is 45.6 Å². The Morgan fingerprint density at radius 1 is 1.42 bits per heavy atom. The zero-order chi connectivity index (χ0) is 14.0. The molecule has 0 spiro atoms. The fraction of sp³-hybridized carbons (Fsp3) is 0.600. The van der Waals surface area contributed by atoms with E-state index >= 15 is 0 Å². The molecule has 1 heterocycles. The summed E-state index contributed by atoms with van der Waals surface area (Å²) in [5.41, 5.74) is 1.61. The number of carbonyl (C=O) groups excluding carboxylic acids is 1. The third-order valence-electron chi connectivity index (χ3n) is 4.09. The largest absolute Gasteiger partial charge is 0.478 e. The SMILES string of the molecule is C/C1=C\[C@H]2OC(=O)[C@@H](C)[C@@H]2CCC(C(=O)O)=CCC1. The molecule has 3 atom stereocenters. The minimum atomic E-state index is -0.850. The summed E-state index contributed by atoms with van der Waals surface area (Å²) in [6, 6.07) is 0. The Morgan fingerprint density at radius 2 is 2.16 bits per heavy atom. The first-order valence-electron chi connectivity index (χ1n) is 6.79. The summed E-state index contributed by atoms with van der Waals surface area (Å²) in [4.78, 5) is 22.8. The molecular weight excluding hydrogens is 244 g/mol. The smallest absolute Gasteiger partial charge is 0.331 e. The lowest BCUT2D eigenvalue weighted by atomic mass is 9.84. The van der Waals surface area contributed by atoms with Crippen LogP contribution in [0.25, 0.3) is 0 Å². The van der Waals surface area contributed by atoms with E-state index in [1.54, 1.807) is 0 Å². The quantitative estimate of drug-likeness (QED) is 0.584. The first-order chi connectivity index (χ1) is 8.99. The summed E-state index contributed by atoms with van der Waals surface area (Å²) < 4.78 is 5.39. The Balaban J connectivity index is 2.23. The van der Waals surface area contributed by atoms with Crippen molar-refractivity contribution in [3.05, 3.63) is 23.3 Å². The van der Waals surface area contributed by atoms with Crippen LogP contribution in [0.4, 0.5) is 0 Å². The van der Waals surface area contributed by atoms with Crippen LogP contribution in [0.2, 0.25) is 0 Å². The summed E-state index contributed by atoms with van der Waals surface area (Å²) in [5.74, 6) is -1.08. The number of rotatable bonds is 1. The van der Waals surface area contributed by atoms with Crippen molar-refractivity contribution < 1.29 is 19.4 Å². The van der Waals surface area contributed by atoms with Gasteiger partial charge in [-0.25, -0.2) is 4.79 Å². The number of esters is 1. The number of ether oxygens (including phenoxy) is 1. The fourth-order valence-corrected chi connectivity index (χ4v) is 2.82. The summed E-state index contributed by atoms with van der Waals surface area (Å²) >= 11 is 0. The normalized spacial score (nSPS) is 34.6. The minimum Gasteiger partial charge on any atom is -0.478 e. The predicted octanol–water partition coefficient (Wildman–Crippen LogP) is 2.70. The number of hydrogen-bond acceptors (Lipinski definition) is 3. The zero-order valence-corrected chi connectivity index (χ0v) is 11.4. The van der Waals surface area contributed by atoms with E-state index in [0.717, 1.165) is 18.4 Å². The summed E-state index contributed by atoms with van der Waals surface area (Å²) in [6.07, 6.45) is 6.38. The van der Waals surface area contributed by atoms with Gasteiger partial charge in [-0.2, -0.15) is 0 Å². The molecule has 4 nitrogen and oxygen atoms in total. The molecule has 4 heteroatoms. The van der Waals surface area contributed by atoms with Gasteiger partial charge in [-0.3, -0.25) is 4.79 Å². The molecule has 0 unspecified atom stereocenters. The fourth-order valence-electron chi connectivity index (χ4n) is 2.82. The number of allylic oxidation sites excluding steroid dienone is 2. The van der Waals surface area contributed by atoms with Gasteiger partial charge < -0.3 is 9.84 Å². The van der Waals surface area contributed by atoms with Gasteiger partial charge in [-0.15, -0.1) is 0 Å². The molecule has 0 saturated carbocycles. The van der Waals surface area contributed by atoms with Crippen molar-refractivity contribution in [1.29, 1.82) is 0 Å². The van der Waals surface area contributed by atoms with Gasteiger partial charge in [0.15, 0.2) is 0 Å². The molecule has 0 bridgehead atoms. The lowest BCUT2D eigenvalue weighted by molar-refractivity contribution is -0.142. The average Bonchev–Trinajstić information content (AvgIpc) is 2.60. The number of fused-ring (bicyclic) bond motifs is 1. The minimum absolute atomic E-state index is 0.0864. The van der Waals surface area contributed by atoms with Gasteiger partial charge in [-0.05, 0) is 38.7 Å². The maximum absolute atomic E-state index is 11.7. The van der Waals surface area contributed by atoms with Gasteiger partial charge in [-0.1, -0.05) is 18.6 Å². The van der Waals surface area contributed by atoms with Crippen LogP contribution in [0.15, 0.2) is 23.3 Å². The Morgan fingerprint density at radius 3 is 2.84 bits per heavy atom. The summed E-state index contributed by atoms with van der Waals surface area (Å²) in [6.45, 7) is 3.87. The van der Waals surface area contributed by atoms with Gasteiger partial charge in [0, 0.05) is 11.5 Å². The number of carboxylic acid groups (broad SMARTS) is 1. The van der Waals surface area contributed by atoms with E-state index in [4.69, 9.17) is 9.84 Å². The summed E-state index contributed by atoms with van der Waals surface area (Å²) in [7, 11) is 0. The Labute approximate surface area is 113 Å². The highest BCUT2D eigenvalue weighted by atomic mass is 16.6. The van der Waals surface area contributed by atoms with E-state index in [-0.39, 0.29) is 23.9 Å². The van der Waals surface area contributed by atoms with E-state index in [9.17, 15) is 9.59 Å². The van der Waals surface area contributed by atoms with Crippen molar-refractivity contribution in [2.75, 3.05) is 0 Å². The molecule has 0 radical (unpaired) electrons. The topological polar surface area (TPSA) is 63.6 Å². The van der Waals surface area contributed by atoms with Crippen molar-refractivity contribution in [1.82, 2.24) is 0 Å². The average molecular weight is 264 g/mol. The standard InChI is InChI=1S/C15H20O4/c1-9-4-3-5-11(14(16)17)6-7-12-10(2)15(18)19-13(12)8-9/h5,8,10,12-13H,3-4,6-7H2,1-2H3,(H,16,17)/b9-8+,11-5?/t10-,12-,13+/m0/s1. The molecule has 2 rings (SSSR count). The highest BCUT2D eigenvalue weighted by molar-refractivity contribution is 5.86. The second-order valence-electron chi connectivity index (χ2n) is 5.48. The molecule has 0 amide bonds. The Bertz CT molecular complexity index is 447. The number of carbonyl (C=O) groups is 2. The molecule has 2 aliphatic rings. The highest BCUT2D eigenvalue weighted by Crippen LogP contribution is 2.35. The molecule has 1 saturated heterocycles. The van der Waals surface area contributed by atoms with Gasteiger partial charge in [0.05, 0.1) is 5.92 Å². The molecule has 19 heavy (non-hydrogen) atoms. The van der Waals surface area contributed by atoms with Crippen LogP contribution in [0.3, 0.4) is 0 Å². The van der Waals surface area contributed by atoms with Crippen LogP contribution in [0, 0.1) is 11.8 Å². The number of aliphatic carboxylic acids is 1. The molecular formula is C15H20O4. The van der Waals surface area contributed by atoms with E-state index in [1.165, 1.54) is 0 Å². The Kier molecular flexibility index (Phi) is 4.08. The molecule has 1 aliphatic heterocycles. The first kappa shape index (κ1) is 13.8. The van der Waals surface area contributed by atoms with Gasteiger partial charge in [0.25, 0.3) is 0 Å². The first-order valence-corrected chi connectivity index (χ1v) is 6.79. The van der Waals surface area contributed by atoms with Gasteiger partial charge in [0.2, 0.25) is 0 Å².